The number of benzene rings is 2. The minimum absolute atomic E-state index is 0.0897. The van der Waals surface area contributed by atoms with Crippen molar-refractivity contribution in [3.63, 3.8) is 0 Å². The molecular formula is C29H36N2O3S. The van der Waals surface area contributed by atoms with Gasteiger partial charge in [0.1, 0.15) is 0 Å². The first-order valence-corrected chi connectivity index (χ1v) is 13.5. The van der Waals surface area contributed by atoms with Crippen molar-refractivity contribution in [1.29, 1.82) is 0 Å². The van der Waals surface area contributed by atoms with Crippen molar-refractivity contribution in [2.75, 3.05) is 20.3 Å². The monoisotopic (exact) mass is 492 g/mol. The summed E-state index contributed by atoms with van der Waals surface area (Å²) in [6, 6.07) is 14.3. The van der Waals surface area contributed by atoms with Gasteiger partial charge in [0.25, 0.3) is 11.8 Å². The Morgan fingerprint density at radius 1 is 1.14 bits per heavy atom. The minimum atomic E-state index is -0.0897. The van der Waals surface area contributed by atoms with Crippen molar-refractivity contribution in [2.24, 2.45) is 0 Å². The normalized spacial score (nSPS) is 21.2. The number of nitrogens with zero attached hydrogens (tertiary/aromatic N) is 1. The summed E-state index contributed by atoms with van der Waals surface area (Å²) in [5.74, 6) is 0.0344. The molecule has 6 heteroatoms. The zero-order valence-corrected chi connectivity index (χ0v) is 21.8. The number of rotatable bonds is 8. The van der Waals surface area contributed by atoms with Crippen molar-refractivity contribution in [1.82, 2.24) is 10.2 Å². The third-order valence-electron chi connectivity index (χ3n) is 6.94. The molecule has 5 nitrogen and oxygen atoms in total. The summed E-state index contributed by atoms with van der Waals surface area (Å²) in [6.07, 6.45) is 7.41. The van der Waals surface area contributed by atoms with E-state index in [4.69, 9.17) is 4.74 Å². The fourth-order valence-corrected chi connectivity index (χ4v) is 6.39. The van der Waals surface area contributed by atoms with Crippen molar-refractivity contribution in [2.45, 2.75) is 63.8 Å². The summed E-state index contributed by atoms with van der Waals surface area (Å²) in [6.45, 7) is 6.11. The molecule has 2 atom stereocenters. The summed E-state index contributed by atoms with van der Waals surface area (Å²) in [4.78, 5) is 29.0. The van der Waals surface area contributed by atoms with Crippen LogP contribution in [-0.4, -0.2) is 48.3 Å². The average Bonchev–Trinajstić information content (AvgIpc) is 2.86. The fourth-order valence-electron chi connectivity index (χ4n) is 4.92. The van der Waals surface area contributed by atoms with Crippen LogP contribution in [0.3, 0.4) is 0 Å². The largest absolute Gasteiger partial charge is 0.385 e. The van der Waals surface area contributed by atoms with Crippen molar-refractivity contribution in [3.8, 4) is 0 Å². The number of aryl methyl sites for hydroxylation is 2. The fraction of sp³-hybridized carbons (Fsp3) is 0.448. The molecule has 2 aromatic rings. The molecular weight excluding hydrogens is 456 g/mol. The van der Waals surface area contributed by atoms with Gasteiger partial charge in [-0.15, -0.1) is 11.8 Å². The molecule has 2 fully saturated rings. The standard InChI is InChI=1S/C29H36N2O3S/c1-20-9-10-21(2)24(17-20)19-31-25-7-4-5-8-26(25)35-27(29(31)33)18-22-11-13-23(14-12-22)28(32)30-15-6-16-34-3/h9-14,17-18,25-26H,4-8,15-16,19H2,1-3H3,(H,30,32)/b27-18-. The molecule has 2 amide bonds. The molecule has 2 aliphatic rings. The maximum atomic E-state index is 13.7. The third-order valence-corrected chi connectivity index (χ3v) is 8.34. The van der Waals surface area contributed by atoms with E-state index in [1.165, 1.54) is 29.5 Å². The third kappa shape index (κ3) is 6.36. The lowest BCUT2D eigenvalue weighted by Gasteiger charge is -2.44. The van der Waals surface area contributed by atoms with Crippen molar-refractivity contribution >= 4 is 29.7 Å². The number of carbonyl (C=O) groups excluding carboxylic acids is 2. The highest BCUT2D eigenvalue weighted by atomic mass is 32.2. The van der Waals surface area contributed by atoms with E-state index in [1.807, 2.05) is 30.3 Å². The van der Waals surface area contributed by atoms with Crippen LogP contribution in [0.15, 0.2) is 47.4 Å². The van der Waals surface area contributed by atoms with Gasteiger partial charge in [-0.3, -0.25) is 9.59 Å². The average molecular weight is 493 g/mol. The van der Waals surface area contributed by atoms with Gasteiger partial charge in [-0.1, -0.05) is 48.7 Å². The molecule has 0 bridgehead atoms. The Labute approximate surface area is 213 Å². The Hall–Kier alpha value is -2.57. The quantitative estimate of drug-likeness (QED) is 0.391. The van der Waals surface area contributed by atoms with Gasteiger partial charge in [0, 0.05) is 43.7 Å². The zero-order valence-electron chi connectivity index (χ0n) is 21.0. The highest BCUT2D eigenvalue weighted by Crippen LogP contribution is 2.43. The minimum Gasteiger partial charge on any atom is -0.385 e. The Bertz CT molecular complexity index is 1080. The summed E-state index contributed by atoms with van der Waals surface area (Å²) < 4.78 is 5.02. The first-order valence-electron chi connectivity index (χ1n) is 12.6. The van der Waals surface area contributed by atoms with Gasteiger partial charge >= 0.3 is 0 Å². The van der Waals surface area contributed by atoms with E-state index >= 15 is 0 Å². The van der Waals surface area contributed by atoms with Gasteiger partial charge in [0.2, 0.25) is 0 Å². The number of methoxy groups -OCH3 is 1. The number of nitrogens with one attached hydrogen (secondary N) is 1. The van der Waals surface area contributed by atoms with E-state index in [2.05, 4.69) is 42.3 Å². The second-order valence-electron chi connectivity index (χ2n) is 9.60. The highest BCUT2D eigenvalue weighted by molar-refractivity contribution is 8.04. The molecule has 0 aromatic heterocycles. The molecule has 1 N–H and O–H groups in total. The lowest BCUT2D eigenvalue weighted by Crippen LogP contribution is -2.50. The molecule has 2 unspecified atom stereocenters. The summed E-state index contributed by atoms with van der Waals surface area (Å²) in [5.41, 5.74) is 5.25. The number of hydrogen-bond acceptors (Lipinski definition) is 4. The number of carbonyl (C=O) groups is 2. The zero-order chi connectivity index (χ0) is 24.8. The van der Waals surface area contributed by atoms with Crippen LogP contribution < -0.4 is 5.32 Å². The predicted octanol–water partition coefficient (Wildman–Crippen LogP) is 5.50. The molecule has 2 aromatic carbocycles. The van der Waals surface area contributed by atoms with Crippen LogP contribution in [0.5, 0.6) is 0 Å². The number of thioether (sulfide) groups is 1. The van der Waals surface area contributed by atoms with E-state index < -0.39 is 0 Å². The Balaban J connectivity index is 1.51. The lowest BCUT2D eigenvalue weighted by molar-refractivity contribution is -0.130. The topological polar surface area (TPSA) is 58.6 Å². The second kappa shape index (κ2) is 11.9. The van der Waals surface area contributed by atoms with Crippen LogP contribution in [0.4, 0.5) is 0 Å². The van der Waals surface area contributed by atoms with Gasteiger partial charge in [-0.25, -0.2) is 0 Å². The molecule has 4 rings (SSSR count). The number of hydrogen-bond donors (Lipinski definition) is 1. The molecule has 0 radical (unpaired) electrons. The molecule has 1 aliphatic carbocycles. The van der Waals surface area contributed by atoms with E-state index in [0.29, 0.717) is 36.6 Å². The maximum absolute atomic E-state index is 13.7. The maximum Gasteiger partial charge on any atom is 0.260 e. The Kier molecular flexibility index (Phi) is 8.69. The van der Waals surface area contributed by atoms with Crippen molar-refractivity contribution < 1.29 is 14.3 Å². The van der Waals surface area contributed by atoms with Gasteiger partial charge in [-0.2, -0.15) is 0 Å². The summed E-state index contributed by atoms with van der Waals surface area (Å²) in [5, 5.41) is 3.35. The van der Waals surface area contributed by atoms with Crippen LogP contribution in [0, 0.1) is 13.8 Å². The van der Waals surface area contributed by atoms with Crippen LogP contribution in [-0.2, 0) is 16.1 Å². The van der Waals surface area contributed by atoms with Crippen LogP contribution in [0.1, 0.15) is 64.7 Å². The van der Waals surface area contributed by atoms with E-state index in [9.17, 15) is 9.59 Å². The lowest BCUT2D eigenvalue weighted by atomic mass is 9.92. The molecule has 35 heavy (non-hydrogen) atoms. The van der Waals surface area contributed by atoms with Crippen LogP contribution in [0.25, 0.3) is 6.08 Å². The van der Waals surface area contributed by atoms with Crippen LogP contribution in [0.2, 0.25) is 0 Å². The summed E-state index contributed by atoms with van der Waals surface area (Å²) in [7, 11) is 1.65. The smallest absolute Gasteiger partial charge is 0.260 e. The van der Waals surface area contributed by atoms with Gasteiger partial charge in [-0.05, 0) is 68.0 Å². The molecule has 1 heterocycles. The van der Waals surface area contributed by atoms with Gasteiger partial charge < -0.3 is 15.0 Å². The van der Waals surface area contributed by atoms with E-state index in [1.54, 1.807) is 18.9 Å². The van der Waals surface area contributed by atoms with Crippen LogP contribution >= 0.6 is 11.8 Å². The molecule has 1 saturated carbocycles. The number of amides is 2. The highest BCUT2D eigenvalue weighted by Gasteiger charge is 2.40. The SMILES string of the molecule is COCCCNC(=O)c1ccc(/C=C2\SC3CCCCC3N(Cc3cc(C)ccc3C)C2=O)cc1. The Morgan fingerprint density at radius 2 is 1.91 bits per heavy atom. The molecule has 1 aliphatic heterocycles. The number of ether oxygens (including phenoxy) is 1. The first-order chi connectivity index (χ1) is 17.0. The predicted molar refractivity (Wildman–Crippen MR) is 143 cm³/mol. The van der Waals surface area contributed by atoms with E-state index in [0.717, 1.165) is 29.7 Å². The molecule has 186 valence electrons. The van der Waals surface area contributed by atoms with Gasteiger partial charge in [0.15, 0.2) is 0 Å². The Morgan fingerprint density at radius 3 is 2.69 bits per heavy atom. The molecule has 0 spiro atoms. The first kappa shape index (κ1) is 25.5. The number of fused-ring (bicyclic) bond motifs is 1. The second-order valence-corrected chi connectivity index (χ2v) is 10.9. The summed E-state index contributed by atoms with van der Waals surface area (Å²) >= 11 is 1.75. The molecule has 1 saturated heterocycles. The van der Waals surface area contributed by atoms with E-state index in [-0.39, 0.29) is 11.8 Å². The van der Waals surface area contributed by atoms with Gasteiger partial charge in [0.05, 0.1) is 4.91 Å². The van der Waals surface area contributed by atoms with Crippen molar-refractivity contribution in [3.05, 3.63) is 75.2 Å².